The monoisotopic (exact) mass is 265 g/mol. The number of aliphatic hydroxyl groups is 1. The van der Waals surface area contributed by atoms with Crippen LogP contribution >= 0.6 is 0 Å². The highest BCUT2D eigenvalue weighted by atomic mass is 16.5. The van der Waals surface area contributed by atoms with E-state index in [1.807, 2.05) is 45.2 Å². The molecule has 0 saturated carbocycles. The molecule has 4 heteroatoms. The number of hydrogen-bond donors (Lipinski definition) is 1. The molecular weight excluding hydrogens is 242 g/mol. The molecular formula is C15H23NO3. The first kappa shape index (κ1) is 14.3. The van der Waals surface area contributed by atoms with Crippen molar-refractivity contribution < 1.29 is 14.6 Å². The van der Waals surface area contributed by atoms with Gasteiger partial charge in [-0.2, -0.15) is 0 Å². The molecule has 19 heavy (non-hydrogen) atoms. The normalized spacial score (nSPS) is 22.5. The Labute approximate surface area is 114 Å². The summed E-state index contributed by atoms with van der Waals surface area (Å²) in [5.41, 5.74) is 0.872. The molecule has 1 aliphatic heterocycles. The predicted octanol–water partition coefficient (Wildman–Crippen LogP) is 1.84. The second-order valence-corrected chi connectivity index (χ2v) is 5.35. The molecule has 0 bridgehead atoms. The standard InChI is InChI=1S/C15H23NO3/c1-11(2)19-13-6-4-12(5-7-13)15(17)14-10-16(3)8-9-18-14/h4-7,11,14-15,17H,8-10H2,1-3H3. The number of hydrogen-bond acceptors (Lipinski definition) is 4. The lowest BCUT2D eigenvalue weighted by molar-refractivity contribution is -0.0844. The molecule has 1 fully saturated rings. The van der Waals surface area contributed by atoms with Crippen LogP contribution in [0.5, 0.6) is 5.75 Å². The third-order valence-electron chi connectivity index (χ3n) is 3.24. The summed E-state index contributed by atoms with van der Waals surface area (Å²) in [6.07, 6.45) is -0.586. The quantitative estimate of drug-likeness (QED) is 0.902. The van der Waals surface area contributed by atoms with Crippen molar-refractivity contribution in [3.63, 3.8) is 0 Å². The summed E-state index contributed by atoms with van der Waals surface area (Å²) < 4.78 is 11.2. The summed E-state index contributed by atoms with van der Waals surface area (Å²) in [5, 5.41) is 10.3. The van der Waals surface area contributed by atoms with Crippen LogP contribution in [-0.4, -0.2) is 49.0 Å². The highest BCUT2D eigenvalue weighted by molar-refractivity contribution is 5.29. The Hall–Kier alpha value is -1.10. The minimum Gasteiger partial charge on any atom is -0.491 e. The zero-order valence-electron chi connectivity index (χ0n) is 11.9. The number of morpholine rings is 1. The molecule has 0 aromatic heterocycles. The highest BCUT2D eigenvalue weighted by Crippen LogP contribution is 2.24. The lowest BCUT2D eigenvalue weighted by Crippen LogP contribution is -2.42. The highest BCUT2D eigenvalue weighted by Gasteiger charge is 2.26. The fourth-order valence-corrected chi connectivity index (χ4v) is 2.23. The third-order valence-corrected chi connectivity index (χ3v) is 3.24. The Morgan fingerprint density at radius 2 is 2.00 bits per heavy atom. The first-order chi connectivity index (χ1) is 9.06. The summed E-state index contributed by atoms with van der Waals surface area (Å²) in [5.74, 6) is 0.827. The van der Waals surface area contributed by atoms with Crippen molar-refractivity contribution in [1.82, 2.24) is 4.90 Å². The zero-order valence-corrected chi connectivity index (χ0v) is 11.9. The van der Waals surface area contributed by atoms with E-state index in [0.717, 1.165) is 24.4 Å². The fraction of sp³-hybridized carbons (Fsp3) is 0.600. The van der Waals surface area contributed by atoms with Gasteiger partial charge in [0.15, 0.2) is 0 Å². The molecule has 0 spiro atoms. The van der Waals surface area contributed by atoms with Crippen LogP contribution in [0.4, 0.5) is 0 Å². The van der Waals surface area contributed by atoms with Gasteiger partial charge in [-0.15, -0.1) is 0 Å². The van der Waals surface area contributed by atoms with Gasteiger partial charge < -0.3 is 19.5 Å². The van der Waals surface area contributed by atoms with E-state index in [-0.39, 0.29) is 12.2 Å². The third kappa shape index (κ3) is 3.93. The van der Waals surface area contributed by atoms with Crippen LogP contribution in [-0.2, 0) is 4.74 Å². The van der Waals surface area contributed by atoms with Crippen molar-refractivity contribution in [2.45, 2.75) is 32.2 Å². The molecule has 1 saturated heterocycles. The van der Waals surface area contributed by atoms with Gasteiger partial charge in [0, 0.05) is 13.1 Å². The molecule has 0 radical (unpaired) electrons. The second-order valence-electron chi connectivity index (χ2n) is 5.35. The number of ether oxygens (including phenoxy) is 2. The van der Waals surface area contributed by atoms with Crippen LogP contribution in [0.3, 0.4) is 0 Å². The van der Waals surface area contributed by atoms with E-state index in [1.165, 1.54) is 0 Å². The van der Waals surface area contributed by atoms with E-state index in [0.29, 0.717) is 6.61 Å². The Balaban J connectivity index is 2.00. The van der Waals surface area contributed by atoms with Crippen LogP contribution in [0, 0.1) is 0 Å². The van der Waals surface area contributed by atoms with E-state index in [9.17, 15) is 5.11 Å². The van der Waals surface area contributed by atoms with Crippen LogP contribution in [0.2, 0.25) is 0 Å². The molecule has 4 nitrogen and oxygen atoms in total. The van der Waals surface area contributed by atoms with Crippen molar-refractivity contribution in [1.29, 1.82) is 0 Å². The molecule has 1 heterocycles. The molecule has 1 N–H and O–H groups in total. The van der Waals surface area contributed by atoms with E-state index in [4.69, 9.17) is 9.47 Å². The lowest BCUT2D eigenvalue weighted by Gasteiger charge is -2.33. The van der Waals surface area contributed by atoms with Crippen molar-refractivity contribution in [2.24, 2.45) is 0 Å². The number of likely N-dealkylation sites (N-methyl/N-ethyl adjacent to an activating group) is 1. The van der Waals surface area contributed by atoms with Gasteiger partial charge in [0.05, 0.1) is 12.7 Å². The molecule has 1 aliphatic rings. The van der Waals surface area contributed by atoms with Crippen LogP contribution in [0.25, 0.3) is 0 Å². The van der Waals surface area contributed by atoms with Gasteiger partial charge in [-0.05, 0) is 38.6 Å². The van der Waals surface area contributed by atoms with E-state index < -0.39 is 6.10 Å². The molecule has 0 aliphatic carbocycles. The van der Waals surface area contributed by atoms with Crippen molar-refractivity contribution >= 4 is 0 Å². The average Bonchev–Trinajstić information content (AvgIpc) is 2.38. The largest absolute Gasteiger partial charge is 0.491 e. The molecule has 1 aromatic rings. The summed E-state index contributed by atoms with van der Waals surface area (Å²) >= 11 is 0. The molecule has 1 aromatic carbocycles. The first-order valence-electron chi connectivity index (χ1n) is 6.81. The molecule has 106 valence electrons. The minimum atomic E-state index is -0.587. The van der Waals surface area contributed by atoms with Crippen molar-refractivity contribution in [2.75, 3.05) is 26.7 Å². The van der Waals surface area contributed by atoms with Crippen molar-refractivity contribution in [3.8, 4) is 5.75 Å². The molecule has 2 atom stereocenters. The van der Waals surface area contributed by atoms with Gasteiger partial charge in [0.25, 0.3) is 0 Å². The Morgan fingerprint density at radius 1 is 1.32 bits per heavy atom. The number of benzene rings is 1. The van der Waals surface area contributed by atoms with Gasteiger partial charge in [-0.25, -0.2) is 0 Å². The number of rotatable bonds is 4. The van der Waals surface area contributed by atoms with Gasteiger partial charge >= 0.3 is 0 Å². The maximum absolute atomic E-state index is 10.3. The maximum Gasteiger partial charge on any atom is 0.119 e. The number of nitrogens with zero attached hydrogens (tertiary/aromatic N) is 1. The lowest BCUT2D eigenvalue weighted by atomic mass is 10.0. The van der Waals surface area contributed by atoms with E-state index in [1.54, 1.807) is 0 Å². The Morgan fingerprint density at radius 3 is 2.58 bits per heavy atom. The van der Waals surface area contributed by atoms with Crippen LogP contribution in [0.1, 0.15) is 25.5 Å². The van der Waals surface area contributed by atoms with Gasteiger partial charge in [-0.3, -0.25) is 0 Å². The smallest absolute Gasteiger partial charge is 0.119 e. The summed E-state index contributed by atoms with van der Waals surface area (Å²) in [7, 11) is 2.04. The van der Waals surface area contributed by atoms with Gasteiger partial charge in [-0.1, -0.05) is 12.1 Å². The molecule has 2 unspecified atom stereocenters. The zero-order chi connectivity index (χ0) is 13.8. The predicted molar refractivity (Wildman–Crippen MR) is 74.4 cm³/mol. The van der Waals surface area contributed by atoms with Gasteiger partial charge in [0.1, 0.15) is 18.0 Å². The molecule has 2 rings (SSSR count). The summed E-state index contributed by atoms with van der Waals surface area (Å²) in [4.78, 5) is 2.17. The summed E-state index contributed by atoms with van der Waals surface area (Å²) in [6, 6.07) is 7.59. The van der Waals surface area contributed by atoms with Crippen molar-refractivity contribution in [3.05, 3.63) is 29.8 Å². The topological polar surface area (TPSA) is 41.9 Å². The Bertz CT molecular complexity index is 391. The number of aliphatic hydroxyl groups excluding tert-OH is 1. The van der Waals surface area contributed by atoms with E-state index in [2.05, 4.69) is 4.90 Å². The Kier molecular flexibility index (Phi) is 4.80. The minimum absolute atomic E-state index is 0.157. The fourth-order valence-electron chi connectivity index (χ4n) is 2.23. The van der Waals surface area contributed by atoms with Crippen LogP contribution < -0.4 is 4.74 Å². The van der Waals surface area contributed by atoms with E-state index >= 15 is 0 Å². The van der Waals surface area contributed by atoms with Crippen LogP contribution in [0.15, 0.2) is 24.3 Å². The summed E-state index contributed by atoms with van der Waals surface area (Å²) in [6.45, 7) is 6.34. The second kappa shape index (κ2) is 6.37. The average molecular weight is 265 g/mol. The van der Waals surface area contributed by atoms with Gasteiger partial charge in [0.2, 0.25) is 0 Å². The first-order valence-corrected chi connectivity index (χ1v) is 6.81. The maximum atomic E-state index is 10.3. The SMILES string of the molecule is CC(C)Oc1ccc(C(O)C2CN(C)CCO2)cc1. The molecule has 0 amide bonds.